The minimum Gasteiger partial charge on any atom is -0.399 e. The van der Waals surface area contributed by atoms with Crippen LogP contribution in [0.3, 0.4) is 0 Å². The molecule has 2 aromatic carbocycles. The molecule has 0 bridgehead atoms. The number of nitrogen functional groups attached to an aromatic ring is 1. The summed E-state index contributed by atoms with van der Waals surface area (Å²) in [5.74, 6) is 0.126. The smallest absolute Gasteiger partial charge is 0.0858 e. The van der Waals surface area contributed by atoms with Gasteiger partial charge in [-0.2, -0.15) is 15.1 Å². The highest BCUT2D eigenvalue weighted by molar-refractivity contribution is 5.48. The molecule has 0 saturated heterocycles. The van der Waals surface area contributed by atoms with E-state index in [-0.39, 0.29) is 19.1 Å². The zero-order chi connectivity index (χ0) is 16.5. The highest BCUT2D eigenvalue weighted by Crippen LogP contribution is 2.26. The van der Waals surface area contributed by atoms with Crippen molar-refractivity contribution in [2.45, 2.75) is 18.8 Å². The Morgan fingerprint density at radius 3 is 2.00 bits per heavy atom. The number of nitroso groups, excluding NO2 is 1. The van der Waals surface area contributed by atoms with Crippen LogP contribution < -0.4 is 5.73 Å². The lowest BCUT2D eigenvalue weighted by molar-refractivity contribution is 0.273. The first-order valence-electron chi connectivity index (χ1n) is 7.50. The van der Waals surface area contributed by atoms with Crippen LogP contribution in [0.15, 0.2) is 63.9 Å². The van der Waals surface area contributed by atoms with Gasteiger partial charge in [-0.25, -0.2) is 0 Å². The van der Waals surface area contributed by atoms with E-state index in [1.165, 1.54) is 0 Å². The summed E-state index contributed by atoms with van der Waals surface area (Å²) in [6.45, 7) is 0.339. The van der Waals surface area contributed by atoms with E-state index < -0.39 is 0 Å². The third-order valence-corrected chi connectivity index (χ3v) is 3.58. The zero-order valence-electron chi connectivity index (χ0n) is 12.8. The second-order valence-corrected chi connectivity index (χ2v) is 5.23. The van der Waals surface area contributed by atoms with Gasteiger partial charge >= 0.3 is 0 Å². The number of benzene rings is 2. The Hall–Kier alpha value is -2.60. The molecular weight excluding hydrogens is 292 g/mol. The molecule has 6 heteroatoms. The van der Waals surface area contributed by atoms with Gasteiger partial charge in [0.1, 0.15) is 0 Å². The SMILES string of the molecule is Nc1ccc(N=Nc2ccc(C(CCO)CCN=O)cc2)cc1. The molecule has 1 unspecified atom stereocenters. The Morgan fingerprint density at radius 1 is 0.913 bits per heavy atom. The van der Waals surface area contributed by atoms with Gasteiger partial charge < -0.3 is 10.8 Å². The monoisotopic (exact) mass is 312 g/mol. The maximum atomic E-state index is 10.3. The summed E-state index contributed by atoms with van der Waals surface area (Å²) in [6.07, 6.45) is 1.25. The van der Waals surface area contributed by atoms with Crippen LogP contribution >= 0.6 is 0 Å². The van der Waals surface area contributed by atoms with E-state index in [1.54, 1.807) is 24.3 Å². The maximum Gasteiger partial charge on any atom is 0.0858 e. The van der Waals surface area contributed by atoms with Crippen molar-refractivity contribution in [2.24, 2.45) is 15.4 Å². The summed E-state index contributed by atoms with van der Waals surface area (Å²) in [4.78, 5) is 10.3. The van der Waals surface area contributed by atoms with Crippen LogP contribution in [0.2, 0.25) is 0 Å². The van der Waals surface area contributed by atoms with Crippen molar-refractivity contribution in [1.82, 2.24) is 0 Å². The number of anilines is 1. The largest absolute Gasteiger partial charge is 0.399 e. The molecular formula is C17H20N4O2. The summed E-state index contributed by atoms with van der Waals surface area (Å²) < 4.78 is 0. The third kappa shape index (κ3) is 5.27. The van der Waals surface area contributed by atoms with E-state index in [9.17, 15) is 4.91 Å². The number of rotatable bonds is 8. The summed E-state index contributed by atoms with van der Waals surface area (Å²) in [5.41, 5.74) is 8.85. The molecule has 3 N–H and O–H groups in total. The first-order valence-corrected chi connectivity index (χ1v) is 7.50. The normalized spacial score (nSPS) is 12.4. The highest BCUT2D eigenvalue weighted by Gasteiger charge is 2.11. The van der Waals surface area contributed by atoms with Crippen LogP contribution in [0.4, 0.5) is 17.1 Å². The minimum atomic E-state index is 0.0854. The molecule has 0 heterocycles. The zero-order valence-corrected chi connectivity index (χ0v) is 12.8. The first-order chi connectivity index (χ1) is 11.2. The summed E-state index contributed by atoms with van der Waals surface area (Å²) in [5, 5.41) is 20.4. The molecule has 0 aliphatic rings. The molecule has 120 valence electrons. The quantitative estimate of drug-likeness (QED) is 0.431. The van der Waals surface area contributed by atoms with Crippen LogP contribution in [0, 0.1) is 4.91 Å². The van der Waals surface area contributed by atoms with Crippen molar-refractivity contribution in [3.8, 4) is 0 Å². The van der Waals surface area contributed by atoms with Crippen molar-refractivity contribution in [3.63, 3.8) is 0 Å². The Kier molecular flexibility index (Phi) is 6.38. The van der Waals surface area contributed by atoms with Gasteiger partial charge in [0.15, 0.2) is 0 Å². The Labute approximate surface area is 135 Å². The molecule has 23 heavy (non-hydrogen) atoms. The molecule has 0 aliphatic heterocycles. The van der Waals surface area contributed by atoms with Gasteiger partial charge in [-0.1, -0.05) is 17.3 Å². The average molecular weight is 312 g/mol. The topological polar surface area (TPSA) is 100 Å². The predicted octanol–water partition coefficient (Wildman–Crippen LogP) is 4.31. The van der Waals surface area contributed by atoms with Crippen LogP contribution in [0.5, 0.6) is 0 Å². The Balaban J connectivity index is 2.05. The van der Waals surface area contributed by atoms with E-state index in [0.717, 1.165) is 16.9 Å². The number of nitrogens with zero attached hydrogens (tertiary/aromatic N) is 3. The summed E-state index contributed by atoms with van der Waals surface area (Å²) in [6, 6.07) is 14.8. The van der Waals surface area contributed by atoms with Crippen LogP contribution in [-0.4, -0.2) is 18.3 Å². The van der Waals surface area contributed by atoms with Crippen molar-refractivity contribution < 1.29 is 5.11 Å². The van der Waals surface area contributed by atoms with Gasteiger partial charge in [0.05, 0.1) is 17.9 Å². The summed E-state index contributed by atoms with van der Waals surface area (Å²) in [7, 11) is 0. The Morgan fingerprint density at radius 2 is 1.48 bits per heavy atom. The van der Waals surface area contributed by atoms with Crippen molar-refractivity contribution in [3.05, 3.63) is 59.0 Å². The van der Waals surface area contributed by atoms with Crippen molar-refractivity contribution in [2.75, 3.05) is 18.9 Å². The lowest BCUT2D eigenvalue weighted by atomic mass is 9.93. The van der Waals surface area contributed by atoms with Gasteiger partial charge in [-0.3, -0.25) is 0 Å². The standard InChI is InChI=1S/C17H20N4O2/c18-15-3-7-17(8-4-15)21-20-16-5-1-13(2-6-16)14(10-12-22)9-11-19-23/h1-8,14,22H,9-12,18H2. The van der Waals surface area contributed by atoms with E-state index in [4.69, 9.17) is 10.8 Å². The van der Waals surface area contributed by atoms with Gasteiger partial charge in [0.2, 0.25) is 0 Å². The van der Waals surface area contributed by atoms with E-state index >= 15 is 0 Å². The first kappa shape index (κ1) is 16.8. The van der Waals surface area contributed by atoms with Crippen LogP contribution in [-0.2, 0) is 0 Å². The summed E-state index contributed by atoms with van der Waals surface area (Å²) >= 11 is 0. The predicted molar refractivity (Wildman–Crippen MR) is 91.2 cm³/mol. The van der Waals surface area contributed by atoms with Gasteiger partial charge in [-0.05, 0) is 60.7 Å². The molecule has 0 spiro atoms. The fourth-order valence-corrected chi connectivity index (χ4v) is 2.31. The maximum absolute atomic E-state index is 10.3. The second-order valence-electron chi connectivity index (χ2n) is 5.23. The van der Waals surface area contributed by atoms with E-state index in [2.05, 4.69) is 15.4 Å². The number of aliphatic hydroxyl groups excluding tert-OH is 1. The number of hydrogen-bond donors (Lipinski definition) is 2. The van der Waals surface area contributed by atoms with Crippen LogP contribution in [0.1, 0.15) is 24.3 Å². The molecule has 0 aromatic heterocycles. The lowest BCUT2D eigenvalue weighted by Gasteiger charge is -2.14. The van der Waals surface area contributed by atoms with Gasteiger partial charge in [-0.15, -0.1) is 0 Å². The van der Waals surface area contributed by atoms with E-state index in [1.807, 2.05) is 24.3 Å². The molecule has 0 aliphatic carbocycles. The molecule has 0 amide bonds. The number of hydrogen-bond acceptors (Lipinski definition) is 6. The van der Waals surface area contributed by atoms with E-state index in [0.29, 0.717) is 18.5 Å². The Bertz CT molecular complexity index is 639. The number of aliphatic hydroxyl groups is 1. The van der Waals surface area contributed by atoms with Crippen LogP contribution in [0.25, 0.3) is 0 Å². The van der Waals surface area contributed by atoms with Crippen molar-refractivity contribution in [1.29, 1.82) is 0 Å². The number of nitrogens with two attached hydrogens (primary N) is 1. The van der Waals surface area contributed by atoms with Gasteiger partial charge in [0.25, 0.3) is 0 Å². The number of azo groups is 1. The molecule has 6 nitrogen and oxygen atoms in total. The average Bonchev–Trinajstić information content (AvgIpc) is 2.59. The molecule has 0 radical (unpaired) electrons. The van der Waals surface area contributed by atoms with Crippen molar-refractivity contribution >= 4 is 17.1 Å². The second kappa shape index (κ2) is 8.75. The molecule has 2 aromatic rings. The fraction of sp³-hybridized carbons (Fsp3) is 0.294. The highest BCUT2D eigenvalue weighted by atomic mass is 16.3. The minimum absolute atomic E-state index is 0.0854. The third-order valence-electron chi connectivity index (χ3n) is 3.58. The molecule has 2 rings (SSSR count). The van der Waals surface area contributed by atoms with Gasteiger partial charge in [0, 0.05) is 12.3 Å². The molecule has 1 atom stereocenters. The molecule has 0 fully saturated rings. The lowest BCUT2D eigenvalue weighted by Crippen LogP contribution is -2.03. The molecule has 0 saturated carbocycles. The fourth-order valence-electron chi connectivity index (χ4n) is 2.31.